The maximum atomic E-state index is 6.21. The van der Waals surface area contributed by atoms with Crippen LogP contribution in [0, 0.1) is 12.8 Å². The average Bonchev–Trinajstić information content (AvgIpc) is 3.28. The minimum Gasteiger partial charge on any atom is -0.493 e. The van der Waals surface area contributed by atoms with Crippen molar-refractivity contribution < 1.29 is 19.0 Å². The molecular formula is C28H35N3O4. The van der Waals surface area contributed by atoms with Crippen LogP contribution in [0.5, 0.6) is 17.2 Å². The first-order valence-electron chi connectivity index (χ1n) is 12.4. The molecule has 5 rings (SSSR count). The highest BCUT2D eigenvalue weighted by molar-refractivity contribution is 6.07. The smallest absolute Gasteiger partial charge is 0.167 e. The molecule has 2 aromatic rings. The van der Waals surface area contributed by atoms with E-state index in [9.17, 15) is 0 Å². The highest BCUT2D eigenvalue weighted by Crippen LogP contribution is 2.44. The van der Waals surface area contributed by atoms with Crippen molar-refractivity contribution in [3.63, 3.8) is 0 Å². The zero-order valence-electron chi connectivity index (χ0n) is 21.1. The largest absolute Gasteiger partial charge is 0.493 e. The van der Waals surface area contributed by atoms with E-state index in [0.29, 0.717) is 18.1 Å². The lowest BCUT2D eigenvalue weighted by Gasteiger charge is -2.36. The van der Waals surface area contributed by atoms with Gasteiger partial charge in [0.1, 0.15) is 18.1 Å². The molecule has 3 heterocycles. The standard InChI is InChI=1S/C28H35N3O4/c1-19(14-21-8-6-5-7-9-21)16-30-10-12-31(13-11-30)17-25-23-18-34-27-20(2)28(33-4)24(32-3)15-22(27)26(23)29-35-25/h5-9,14-15,23,25H,10-13,16-18H2,1-4H3. The van der Waals surface area contributed by atoms with Crippen LogP contribution >= 0.6 is 0 Å². The molecule has 7 heteroatoms. The zero-order chi connectivity index (χ0) is 24.4. The maximum Gasteiger partial charge on any atom is 0.167 e. The van der Waals surface area contributed by atoms with Crippen molar-refractivity contribution in [1.82, 2.24) is 9.80 Å². The van der Waals surface area contributed by atoms with E-state index in [0.717, 1.165) is 61.9 Å². The second-order valence-corrected chi connectivity index (χ2v) is 9.63. The summed E-state index contributed by atoms with van der Waals surface area (Å²) in [5, 5.41) is 4.51. The molecule has 0 N–H and O–H groups in total. The average molecular weight is 478 g/mol. The maximum absolute atomic E-state index is 6.21. The third-order valence-electron chi connectivity index (χ3n) is 7.21. The summed E-state index contributed by atoms with van der Waals surface area (Å²) in [5.74, 6) is 2.32. The van der Waals surface area contributed by atoms with Gasteiger partial charge in [0.25, 0.3) is 0 Å². The third-order valence-corrected chi connectivity index (χ3v) is 7.21. The summed E-state index contributed by atoms with van der Waals surface area (Å²) >= 11 is 0. The van der Waals surface area contributed by atoms with Gasteiger partial charge in [-0.3, -0.25) is 9.80 Å². The van der Waals surface area contributed by atoms with Crippen molar-refractivity contribution in [1.29, 1.82) is 0 Å². The Bertz CT molecular complexity index is 1110. The Hall–Kier alpha value is -3.03. The summed E-state index contributed by atoms with van der Waals surface area (Å²) in [7, 11) is 3.30. The van der Waals surface area contributed by atoms with E-state index < -0.39 is 0 Å². The van der Waals surface area contributed by atoms with Gasteiger partial charge in [0, 0.05) is 50.4 Å². The number of piperazine rings is 1. The van der Waals surface area contributed by atoms with E-state index >= 15 is 0 Å². The Kier molecular flexibility index (Phi) is 6.97. The topological polar surface area (TPSA) is 55.8 Å². The number of fused-ring (bicyclic) bond motifs is 3. The van der Waals surface area contributed by atoms with Crippen molar-refractivity contribution >= 4 is 11.8 Å². The molecule has 0 saturated carbocycles. The van der Waals surface area contributed by atoms with Crippen LogP contribution in [0.25, 0.3) is 6.08 Å². The van der Waals surface area contributed by atoms with E-state index in [1.807, 2.05) is 13.0 Å². The zero-order valence-corrected chi connectivity index (χ0v) is 21.1. The van der Waals surface area contributed by atoms with Gasteiger partial charge in [-0.1, -0.05) is 47.1 Å². The fraction of sp³-hybridized carbons (Fsp3) is 0.464. The number of methoxy groups -OCH3 is 2. The number of ether oxygens (including phenoxy) is 3. The molecule has 3 aliphatic rings. The minimum atomic E-state index is -0.00202. The van der Waals surface area contributed by atoms with Crippen LogP contribution in [0.2, 0.25) is 0 Å². The second-order valence-electron chi connectivity index (χ2n) is 9.63. The Morgan fingerprint density at radius 3 is 2.54 bits per heavy atom. The molecule has 0 bridgehead atoms. The third kappa shape index (κ3) is 4.88. The van der Waals surface area contributed by atoms with Crippen molar-refractivity contribution in [3.05, 3.63) is 58.7 Å². The van der Waals surface area contributed by atoms with Crippen LogP contribution in [0.3, 0.4) is 0 Å². The highest BCUT2D eigenvalue weighted by Gasteiger charge is 2.42. The first-order chi connectivity index (χ1) is 17.1. The van der Waals surface area contributed by atoms with Crippen LogP contribution < -0.4 is 14.2 Å². The molecule has 2 aromatic carbocycles. The van der Waals surface area contributed by atoms with E-state index in [2.05, 4.69) is 58.3 Å². The molecule has 2 unspecified atom stereocenters. The van der Waals surface area contributed by atoms with Gasteiger partial charge in [0.2, 0.25) is 0 Å². The lowest BCUT2D eigenvalue weighted by molar-refractivity contribution is 0.0100. The van der Waals surface area contributed by atoms with Crippen molar-refractivity contribution in [2.45, 2.75) is 20.0 Å². The lowest BCUT2D eigenvalue weighted by atomic mass is 9.88. The van der Waals surface area contributed by atoms with Crippen molar-refractivity contribution in [2.75, 3.05) is 60.1 Å². The van der Waals surface area contributed by atoms with E-state index in [-0.39, 0.29) is 12.0 Å². The van der Waals surface area contributed by atoms with E-state index in [1.165, 1.54) is 11.1 Å². The van der Waals surface area contributed by atoms with Gasteiger partial charge in [-0.15, -0.1) is 0 Å². The summed E-state index contributed by atoms with van der Waals surface area (Å²) in [6, 6.07) is 12.5. The van der Waals surface area contributed by atoms with E-state index in [4.69, 9.17) is 19.0 Å². The molecule has 0 spiro atoms. The summed E-state index contributed by atoms with van der Waals surface area (Å²) in [6.45, 7) is 10.8. The molecule has 3 aliphatic heterocycles. The van der Waals surface area contributed by atoms with Gasteiger partial charge in [0.05, 0.1) is 20.1 Å². The molecule has 186 valence electrons. The van der Waals surface area contributed by atoms with Gasteiger partial charge in [0.15, 0.2) is 17.6 Å². The molecule has 0 aromatic heterocycles. The molecule has 0 aliphatic carbocycles. The predicted molar refractivity (Wildman–Crippen MR) is 138 cm³/mol. The summed E-state index contributed by atoms with van der Waals surface area (Å²) < 4.78 is 17.3. The summed E-state index contributed by atoms with van der Waals surface area (Å²) in [5.41, 5.74) is 5.49. The number of nitrogens with zero attached hydrogens (tertiary/aromatic N) is 3. The quantitative estimate of drug-likeness (QED) is 0.604. The fourth-order valence-electron chi connectivity index (χ4n) is 5.36. The van der Waals surface area contributed by atoms with Gasteiger partial charge < -0.3 is 19.0 Å². The van der Waals surface area contributed by atoms with Crippen LogP contribution in [-0.4, -0.2) is 81.7 Å². The van der Waals surface area contributed by atoms with Crippen LogP contribution in [0.4, 0.5) is 0 Å². The normalized spacial score (nSPS) is 22.5. The first-order valence-corrected chi connectivity index (χ1v) is 12.4. The van der Waals surface area contributed by atoms with Crippen LogP contribution in [0.15, 0.2) is 47.1 Å². The molecular weight excluding hydrogens is 442 g/mol. The number of rotatable bonds is 7. The Balaban J connectivity index is 1.17. The van der Waals surface area contributed by atoms with E-state index in [1.54, 1.807) is 14.2 Å². The Morgan fingerprint density at radius 1 is 1.09 bits per heavy atom. The summed E-state index contributed by atoms with van der Waals surface area (Å²) in [6.07, 6.45) is 2.28. The molecule has 0 amide bonds. The van der Waals surface area contributed by atoms with Gasteiger partial charge in [-0.2, -0.15) is 0 Å². The number of oxime groups is 1. The number of hydrogen-bond acceptors (Lipinski definition) is 7. The first kappa shape index (κ1) is 23.7. The molecule has 1 fully saturated rings. The predicted octanol–water partition coefficient (Wildman–Crippen LogP) is 3.84. The second kappa shape index (κ2) is 10.3. The highest BCUT2D eigenvalue weighted by atomic mass is 16.6. The Labute approximate surface area is 207 Å². The molecule has 2 atom stereocenters. The van der Waals surface area contributed by atoms with Gasteiger partial charge >= 0.3 is 0 Å². The summed E-state index contributed by atoms with van der Waals surface area (Å²) in [4.78, 5) is 11.0. The fourth-order valence-corrected chi connectivity index (χ4v) is 5.36. The number of hydrogen-bond donors (Lipinski definition) is 0. The van der Waals surface area contributed by atoms with Crippen LogP contribution in [0.1, 0.15) is 23.6 Å². The molecule has 1 saturated heterocycles. The SMILES string of the molecule is COc1cc2c(c(C)c1OC)OCC1C2=NOC1CN1CCN(CC(C)=Cc2ccccc2)CC1. The molecule has 35 heavy (non-hydrogen) atoms. The van der Waals surface area contributed by atoms with Crippen molar-refractivity contribution in [2.24, 2.45) is 11.1 Å². The molecule has 7 nitrogen and oxygen atoms in total. The van der Waals surface area contributed by atoms with Gasteiger partial charge in [-0.05, 0) is 25.5 Å². The van der Waals surface area contributed by atoms with Crippen molar-refractivity contribution in [3.8, 4) is 17.2 Å². The molecule has 0 radical (unpaired) electrons. The monoisotopic (exact) mass is 477 g/mol. The lowest BCUT2D eigenvalue weighted by Crippen LogP contribution is -2.50. The minimum absolute atomic E-state index is 0.00202. The van der Waals surface area contributed by atoms with Gasteiger partial charge in [-0.25, -0.2) is 0 Å². The number of benzene rings is 2. The Morgan fingerprint density at radius 2 is 1.83 bits per heavy atom. The van der Waals surface area contributed by atoms with Crippen LogP contribution in [-0.2, 0) is 4.84 Å².